The van der Waals surface area contributed by atoms with Crippen molar-refractivity contribution >= 4 is 23.2 Å². The van der Waals surface area contributed by atoms with Crippen LogP contribution in [0.4, 0.5) is 0 Å². The highest BCUT2D eigenvalue weighted by Crippen LogP contribution is 2.55. The maximum absolute atomic E-state index is 10.3. The van der Waals surface area contributed by atoms with Crippen molar-refractivity contribution in [2.75, 3.05) is 52.4 Å². The van der Waals surface area contributed by atoms with Gasteiger partial charge < -0.3 is 41.0 Å². The topological polar surface area (TPSA) is 57.2 Å². The summed E-state index contributed by atoms with van der Waals surface area (Å²) in [6.07, 6.45) is 5.93. The number of phenolic OH excluding ortho intramolecular Hbond substituents is 1. The van der Waals surface area contributed by atoms with Crippen LogP contribution < -0.4 is 37.6 Å². The maximum atomic E-state index is 10.3. The molecule has 0 aliphatic rings. The van der Waals surface area contributed by atoms with Crippen LogP contribution in [0.3, 0.4) is 0 Å². The van der Waals surface area contributed by atoms with Gasteiger partial charge in [0.2, 0.25) is 0 Å². The van der Waals surface area contributed by atoms with Gasteiger partial charge in [-0.2, -0.15) is 0 Å². The van der Waals surface area contributed by atoms with Crippen LogP contribution in [0.2, 0.25) is 0 Å². The molecule has 51 heavy (non-hydrogen) atoms. The predicted molar refractivity (Wildman–Crippen MR) is 209 cm³/mol. The number of rotatable bonds is 21. The van der Waals surface area contributed by atoms with Crippen LogP contribution in [-0.2, 0) is 27.1 Å². The molecule has 1 N–H and O–H groups in total. The first-order valence-corrected chi connectivity index (χ1v) is 19.2. The lowest BCUT2D eigenvalue weighted by Crippen LogP contribution is -3.00. The summed E-state index contributed by atoms with van der Waals surface area (Å²) >= 11 is 0. The normalized spacial score (nSPS) is 11.1. The van der Waals surface area contributed by atoms with E-state index in [0.29, 0.717) is 52.7 Å². The average Bonchev–Trinajstić information content (AvgIpc) is 3.16. The van der Waals surface area contributed by atoms with Crippen LogP contribution in [0, 0.1) is 0 Å². The highest BCUT2D eigenvalue weighted by Gasteiger charge is 2.44. The fourth-order valence-corrected chi connectivity index (χ4v) is 10.2. The molecule has 0 amide bonds. The van der Waals surface area contributed by atoms with E-state index in [-0.39, 0.29) is 22.7 Å². The molecule has 0 heterocycles. The van der Waals surface area contributed by atoms with Crippen molar-refractivity contribution in [3.05, 3.63) is 164 Å². The summed E-state index contributed by atoms with van der Waals surface area (Å²) in [4.78, 5) is 0. The van der Waals surface area contributed by atoms with E-state index in [9.17, 15) is 5.11 Å². The minimum Gasteiger partial charge on any atom is -1.00 e. The van der Waals surface area contributed by atoms with Crippen molar-refractivity contribution in [1.82, 2.24) is 0 Å². The lowest BCUT2D eigenvalue weighted by atomic mass is 9.97. The van der Waals surface area contributed by atoms with Crippen LogP contribution in [0.25, 0.3) is 11.1 Å². The molecule has 0 radical (unpaired) electrons. The standard InChI is InChI=1S/C44H47O5P.BrH/c1-3-14-36-22-25-44(42(34-36)37-23-24-43(45)38(35-37)15-4-2)49-31-30-47-27-26-46-28-29-48-32-33-50(39-16-8-5-9-17-39,40-18-10-6-11-19-40)41-20-12-7-13-21-41;/h3-13,16-25,34-35H,1-2,14-15,26-33H2;1H. The highest BCUT2D eigenvalue weighted by atomic mass is 79.9. The van der Waals surface area contributed by atoms with Crippen molar-refractivity contribution in [3.8, 4) is 22.6 Å². The van der Waals surface area contributed by atoms with Gasteiger partial charge in [0.05, 0.1) is 45.8 Å². The lowest BCUT2D eigenvalue weighted by molar-refractivity contribution is -0.0000123. The van der Waals surface area contributed by atoms with Gasteiger partial charge in [-0.1, -0.05) is 78.9 Å². The predicted octanol–water partition coefficient (Wildman–Crippen LogP) is 4.94. The molecule has 0 atom stereocenters. The second-order valence-corrected chi connectivity index (χ2v) is 15.5. The number of aromatic hydroxyl groups is 1. The Labute approximate surface area is 314 Å². The summed E-state index contributed by atoms with van der Waals surface area (Å²) in [5.41, 5.74) is 3.91. The Morgan fingerprint density at radius 3 is 1.59 bits per heavy atom. The molecule has 0 aliphatic heterocycles. The Balaban J connectivity index is 0.00000583. The van der Waals surface area contributed by atoms with Crippen LogP contribution in [-0.4, -0.2) is 57.5 Å². The molecule has 0 fully saturated rings. The zero-order valence-corrected chi connectivity index (χ0v) is 31.7. The van der Waals surface area contributed by atoms with Gasteiger partial charge in [-0.3, -0.25) is 0 Å². The first-order chi connectivity index (χ1) is 24.7. The minimum absolute atomic E-state index is 0. The van der Waals surface area contributed by atoms with Crippen molar-refractivity contribution in [2.24, 2.45) is 0 Å². The van der Waals surface area contributed by atoms with Crippen LogP contribution >= 0.6 is 7.26 Å². The first-order valence-electron chi connectivity index (χ1n) is 17.2. The molecule has 7 heteroatoms. The smallest absolute Gasteiger partial charge is 0.127 e. The van der Waals surface area contributed by atoms with Gasteiger partial charge in [-0.05, 0) is 90.2 Å². The number of ether oxygens (including phenoxy) is 4. The molecule has 0 bridgehead atoms. The first kappa shape index (κ1) is 39.8. The molecule has 5 aromatic carbocycles. The quantitative estimate of drug-likeness (QED) is 0.0652. The van der Waals surface area contributed by atoms with Gasteiger partial charge in [0.25, 0.3) is 0 Å². The SMILES string of the molecule is C=CCc1ccc(OCCOCCOCCOCC[P+](c2ccccc2)(c2ccccc2)c2ccccc2)c(-c2ccc(O)c(CC=C)c2)c1.[Br-]. The lowest BCUT2D eigenvalue weighted by Gasteiger charge is -2.27. The van der Waals surface area contributed by atoms with Crippen molar-refractivity contribution in [1.29, 1.82) is 0 Å². The van der Waals surface area contributed by atoms with Crippen LogP contribution in [0.15, 0.2) is 153 Å². The minimum atomic E-state index is -1.90. The van der Waals surface area contributed by atoms with Crippen molar-refractivity contribution in [2.45, 2.75) is 12.8 Å². The molecule has 5 nitrogen and oxygen atoms in total. The van der Waals surface area contributed by atoms with Crippen LogP contribution in [0.5, 0.6) is 11.5 Å². The molecule has 0 spiro atoms. The number of halogens is 1. The third-order valence-electron chi connectivity index (χ3n) is 8.57. The number of allylic oxidation sites excluding steroid dienone is 2. The van der Waals surface area contributed by atoms with Gasteiger partial charge in [-0.25, -0.2) is 0 Å². The number of phenols is 1. The number of benzene rings is 5. The summed E-state index contributed by atoms with van der Waals surface area (Å²) < 4.78 is 23.9. The van der Waals surface area contributed by atoms with Gasteiger partial charge in [0, 0.05) is 5.56 Å². The molecule has 0 aliphatic carbocycles. The third-order valence-corrected chi connectivity index (χ3v) is 13.0. The summed E-state index contributed by atoms with van der Waals surface area (Å²) in [5.74, 6) is 1.03. The Hall–Kier alpha value is -4.03. The van der Waals surface area contributed by atoms with Crippen molar-refractivity contribution in [3.63, 3.8) is 0 Å². The van der Waals surface area contributed by atoms with Gasteiger partial charge in [-0.15, -0.1) is 13.2 Å². The Bertz CT molecular complexity index is 1670. The monoisotopic (exact) mass is 766 g/mol. The average molecular weight is 768 g/mol. The Kier molecular flexibility index (Phi) is 16.6. The summed E-state index contributed by atoms with van der Waals surface area (Å²) in [6.45, 7) is 11.2. The van der Waals surface area contributed by atoms with E-state index in [0.717, 1.165) is 40.6 Å². The van der Waals surface area contributed by atoms with E-state index in [1.165, 1.54) is 15.9 Å². The van der Waals surface area contributed by atoms with Gasteiger partial charge in [0.15, 0.2) is 0 Å². The maximum Gasteiger partial charge on any atom is 0.127 e. The molecule has 0 saturated heterocycles. The fourth-order valence-electron chi connectivity index (χ4n) is 6.13. The molecular formula is C44H48BrO5P. The van der Waals surface area contributed by atoms with E-state index in [2.05, 4.69) is 116 Å². The Morgan fingerprint density at radius 1 is 0.549 bits per heavy atom. The van der Waals surface area contributed by atoms with E-state index >= 15 is 0 Å². The molecular weight excluding hydrogens is 719 g/mol. The van der Waals surface area contributed by atoms with Crippen molar-refractivity contribution < 1.29 is 41.0 Å². The van der Waals surface area contributed by atoms with E-state index < -0.39 is 7.26 Å². The van der Waals surface area contributed by atoms with Gasteiger partial charge in [0.1, 0.15) is 41.3 Å². The molecule has 266 valence electrons. The molecule has 5 aromatic rings. The second kappa shape index (κ2) is 21.4. The summed E-state index contributed by atoms with van der Waals surface area (Å²) in [7, 11) is -1.90. The summed E-state index contributed by atoms with van der Waals surface area (Å²) in [6, 6.07) is 44.4. The zero-order chi connectivity index (χ0) is 34.9. The third kappa shape index (κ3) is 11.0. The van der Waals surface area contributed by atoms with Crippen LogP contribution in [0.1, 0.15) is 11.1 Å². The largest absolute Gasteiger partial charge is 1.00 e. The zero-order valence-electron chi connectivity index (χ0n) is 29.2. The summed E-state index contributed by atoms with van der Waals surface area (Å²) in [5, 5.41) is 14.3. The van der Waals surface area contributed by atoms with E-state index in [1.807, 2.05) is 24.3 Å². The second-order valence-electron chi connectivity index (χ2n) is 11.9. The Morgan fingerprint density at radius 2 is 1.06 bits per heavy atom. The number of hydrogen-bond donors (Lipinski definition) is 1. The van der Waals surface area contributed by atoms with Gasteiger partial charge >= 0.3 is 0 Å². The fraction of sp³-hybridized carbons (Fsp3) is 0.227. The molecule has 0 saturated carbocycles. The molecule has 5 rings (SSSR count). The van der Waals surface area contributed by atoms with E-state index in [1.54, 1.807) is 12.1 Å². The number of hydrogen-bond acceptors (Lipinski definition) is 5. The molecule has 0 aromatic heterocycles. The molecule has 0 unspecified atom stereocenters. The van der Waals surface area contributed by atoms with E-state index in [4.69, 9.17) is 18.9 Å². The highest BCUT2D eigenvalue weighted by molar-refractivity contribution is 7.95.